The lowest BCUT2D eigenvalue weighted by Crippen LogP contribution is -3.15. The van der Waals surface area contributed by atoms with Crippen LogP contribution in [-0.2, 0) is 6.54 Å². The van der Waals surface area contributed by atoms with Gasteiger partial charge in [-0.05, 0) is 18.9 Å². The van der Waals surface area contributed by atoms with E-state index in [0.29, 0.717) is 11.8 Å². The summed E-state index contributed by atoms with van der Waals surface area (Å²) in [7, 11) is 5.07. The Kier molecular flexibility index (Phi) is 6.54. The van der Waals surface area contributed by atoms with Crippen molar-refractivity contribution >= 4 is 0 Å². The third-order valence-electron chi connectivity index (χ3n) is 4.73. The maximum absolute atomic E-state index is 5.69. The van der Waals surface area contributed by atoms with Crippen molar-refractivity contribution in [2.24, 2.45) is 0 Å². The second-order valence-corrected chi connectivity index (χ2v) is 6.15. The number of nitrogens with one attached hydrogen (secondary N) is 1. The van der Waals surface area contributed by atoms with E-state index in [2.05, 4.69) is 25.2 Å². The lowest BCUT2D eigenvalue weighted by Gasteiger charge is -2.32. The van der Waals surface area contributed by atoms with Crippen LogP contribution in [0.5, 0.6) is 17.2 Å². The van der Waals surface area contributed by atoms with Crippen LogP contribution in [0.4, 0.5) is 0 Å². The minimum absolute atomic E-state index is 0.479. The second-order valence-electron chi connectivity index (χ2n) is 6.15. The molecule has 0 radical (unpaired) electrons. The van der Waals surface area contributed by atoms with Gasteiger partial charge in [-0.2, -0.15) is 0 Å². The fraction of sp³-hybridized carbons (Fsp3) is 0.667. The first-order valence-corrected chi connectivity index (χ1v) is 8.69. The number of quaternary nitrogens is 2. The van der Waals surface area contributed by atoms with E-state index < -0.39 is 0 Å². The van der Waals surface area contributed by atoms with Gasteiger partial charge in [-0.15, -0.1) is 0 Å². The molecule has 1 aliphatic heterocycles. The molecule has 0 fully saturated rings. The highest BCUT2D eigenvalue weighted by molar-refractivity contribution is 5.59. The van der Waals surface area contributed by atoms with Crippen molar-refractivity contribution in [1.29, 1.82) is 0 Å². The molecule has 1 atom stereocenters. The topological polar surface area (TPSA) is 48.7 Å². The number of methoxy groups -OCH3 is 3. The lowest BCUT2D eigenvalue weighted by atomic mass is 9.93. The molecule has 5 heteroatoms. The summed E-state index contributed by atoms with van der Waals surface area (Å²) in [6.07, 6.45) is 2.40. The van der Waals surface area contributed by atoms with Gasteiger partial charge in [-0.1, -0.05) is 13.8 Å². The van der Waals surface area contributed by atoms with Crippen molar-refractivity contribution in [1.82, 2.24) is 0 Å². The van der Waals surface area contributed by atoms with Gasteiger partial charge in [0, 0.05) is 5.56 Å². The number of ether oxygens (including phenoxy) is 3. The first-order valence-electron chi connectivity index (χ1n) is 8.69. The van der Waals surface area contributed by atoms with Crippen LogP contribution in [0, 0.1) is 0 Å². The molecule has 130 valence electrons. The van der Waals surface area contributed by atoms with E-state index in [9.17, 15) is 0 Å². The molecule has 1 aromatic rings. The summed E-state index contributed by atoms with van der Waals surface area (Å²) in [6.45, 7) is 8.96. The predicted molar refractivity (Wildman–Crippen MR) is 90.6 cm³/mol. The normalized spacial score (nSPS) is 17.0. The Morgan fingerprint density at radius 2 is 1.70 bits per heavy atom. The van der Waals surface area contributed by atoms with Gasteiger partial charge < -0.3 is 24.4 Å². The van der Waals surface area contributed by atoms with E-state index in [0.717, 1.165) is 24.6 Å². The summed E-state index contributed by atoms with van der Waals surface area (Å²) >= 11 is 0. The zero-order valence-electron chi connectivity index (χ0n) is 15.2. The summed E-state index contributed by atoms with van der Waals surface area (Å²) in [6, 6.07) is 2.65. The molecule has 1 aliphatic rings. The fourth-order valence-corrected chi connectivity index (χ4v) is 3.78. The molecular weight excluding hydrogens is 292 g/mol. The second kappa shape index (κ2) is 8.41. The standard InChI is InChI=1S/C18H30N2O3/c1-6-8-20(9-7-2)15-12-19-11-14-13(15)10-16(21-3)18(23-5)17(14)22-4/h10,15,19H,6-9,11-12H2,1-5H3/p+2/t15-/m1/s1. The van der Waals surface area contributed by atoms with Gasteiger partial charge >= 0.3 is 0 Å². The highest BCUT2D eigenvalue weighted by Crippen LogP contribution is 2.43. The molecule has 0 aromatic heterocycles. The van der Waals surface area contributed by atoms with Crippen LogP contribution in [0.2, 0.25) is 0 Å². The molecule has 0 bridgehead atoms. The van der Waals surface area contributed by atoms with Crippen molar-refractivity contribution in [3.05, 3.63) is 17.2 Å². The molecule has 5 nitrogen and oxygen atoms in total. The average Bonchev–Trinajstić information content (AvgIpc) is 2.59. The van der Waals surface area contributed by atoms with Crippen LogP contribution in [0.1, 0.15) is 43.9 Å². The molecular formula is C18H32N2O3+2. The van der Waals surface area contributed by atoms with E-state index in [4.69, 9.17) is 14.2 Å². The predicted octanol–water partition coefficient (Wildman–Crippen LogP) is 0.535. The molecule has 1 heterocycles. The van der Waals surface area contributed by atoms with Crippen molar-refractivity contribution in [2.45, 2.75) is 39.3 Å². The Morgan fingerprint density at radius 3 is 2.22 bits per heavy atom. The fourth-order valence-electron chi connectivity index (χ4n) is 3.78. The third-order valence-corrected chi connectivity index (χ3v) is 4.73. The molecule has 0 saturated heterocycles. The van der Waals surface area contributed by atoms with E-state index in [1.165, 1.54) is 37.1 Å². The highest BCUT2D eigenvalue weighted by Gasteiger charge is 2.35. The SMILES string of the molecule is CCC[NH+](CCC)[C@@H]1C[NH2+]Cc2c1cc(OC)c(OC)c2OC. The van der Waals surface area contributed by atoms with E-state index in [1.54, 1.807) is 26.2 Å². The Labute approximate surface area is 139 Å². The Hall–Kier alpha value is -1.46. The molecule has 0 spiro atoms. The molecule has 3 N–H and O–H groups in total. The number of hydrogen-bond acceptors (Lipinski definition) is 3. The lowest BCUT2D eigenvalue weighted by molar-refractivity contribution is -0.948. The summed E-state index contributed by atoms with van der Waals surface area (Å²) in [5, 5.41) is 2.38. The average molecular weight is 324 g/mol. The van der Waals surface area contributed by atoms with E-state index in [1.807, 2.05) is 0 Å². The highest BCUT2D eigenvalue weighted by atomic mass is 16.5. The van der Waals surface area contributed by atoms with Crippen molar-refractivity contribution < 1.29 is 24.4 Å². The monoisotopic (exact) mass is 324 g/mol. The van der Waals surface area contributed by atoms with Crippen molar-refractivity contribution in [3.8, 4) is 17.2 Å². The van der Waals surface area contributed by atoms with Gasteiger partial charge in [0.1, 0.15) is 13.1 Å². The molecule has 0 unspecified atom stereocenters. The molecule has 23 heavy (non-hydrogen) atoms. The van der Waals surface area contributed by atoms with Gasteiger partial charge in [0.05, 0.1) is 40.0 Å². The molecule has 2 rings (SSSR count). The minimum atomic E-state index is 0.479. The van der Waals surface area contributed by atoms with Crippen molar-refractivity contribution in [3.63, 3.8) is 0 Å². The van der Waals surface area contributed by atoms with Gasteiger partial charge in [-0.25, -0.2) is 0 Å². The van der Waals surface area contributed by atoms with Crippen LogP contribution >= 0.6 is 0 Å². The first kappa shape index (κ1) is 17.9. The Morgan fingerprint density at radius 1 is 1.04 bits per heavy atom. The molecule has 0 saturated carbocycles. The number of fused-ring (bicyclic) bond motifs is 1. The smallest absolute Gasteiger partial charge is 0.203 e. The van der Waals surface area contributed by atoms with Crippen LogP contribution in [0.15, 0.2) is 6.07 Å². The van der Waals surface area contributed by atoms with Crippen LogP contribution in [-0.4, -0.2) is 41.0 Å². The molecule has 0 aliphatic carbocycles. The zero-order valence-corrected chi connectivity index (χ0v) is 15.2. The van der Waals surface area contributed by atoms with Crippen LogP contribution < -0.4 is 24.4 Å². The minimum Gasteiger partial charge on any atom is -0.493 e. The maximum atomic E-state index is 5.69. The summed E-state index contributed by atoms with van der Waals surface area (Å²) in [4.78, 5) is 1.65. The number of benzene rings is 1. The van der Waals surface area contributed by atoms with Crippen LogP contribution in [0.3, 0.4) is 0 Å². The van der Waals surface area contributed by atoms with Gasteiger partial charge in [0.25, 0.3) is 0 Å². The number of rotatable bonds is 8. The Balaban J connectivity index is 2.51. The van der Waals surface area contributed by atoms with E-state index >= 15 is 0 Å². The molecule has 1 aromatic carbocycles. The van der Waals surface area contributed by atoms with Gasteiger partial charge in [0.15, 0.2) is 17.5 Å². The first-order chi connectivity index (χ1) is 11.2. The van der Waals surface area contributed by atoms with Crippen molar-refractivity contribution in [2.75, 3.05) is 41.0 Å². The third kappa shape index (κ3) is 3.56. The van der Waals surface area contributed by atoms with E-state index in [-0.39, 0.29) is 0 Å². The summed E-state index contributed by atoms with van der Waals surface area (Å²) in [5.41, 5.74) is 2.62. The quantitative estimate of drug-likeness (QED) is 0.734. The summed E-state index contributed by atoms with van der Waals surface area (Å²) in [5.74, 6) is 2.30. The maximum Gasteiger partial charge on any atom is 0.203 e. The van der Waals surface area contributed by atoms with Crippen LogP contribution in [0.25, 0.3) is 0 Å². The van der Waals surface area contributed by atoms with Gasteiger partial charge in [-0.3, -0.25) is 0 Å². The largest absolute Gasteiger partial charge is 0.493 e. The van der Waals surface area contributed by atoms with Gasteiger partial charge in [0.2, 0.25) is 5.75 Å². The Bertz CT molecular complexity index is 513. The number of nitrogens with two attached hydrogens (primary N) is 1. The molecule has 0 amide bonds. The number of hydrogen-bond donors (Lipinski definition) is 2. The zero-order chi connectivity index (χ0) is 16.8. The summed E-state index contributed by atoms with van der Waals surface area (Å²) < 4.78 is 16.8.